The van der Waals surface area contributed by atoms with Gasteiger partial charge in [-0.25, -0.2) is 0 Å². The van der Waals surface area contributed by atoms with Crippen molar-refractivity contribution in [1.29, 1.82) is 0 Å². The molecule has 0 aliphatic rings. The molecule has 0 unspecified atom stereocenters. The van der Waals surface area contributed by atoms with Gasteiger partial charge in [-0.1, -0.05) is 0 Å². The van der Waals surface area contributed by atoms with Crippen molar-refractivity contribution >= 4 is 48.7 Å². The first-order valence-electron chi connectivity index (χ1n) is 17.0. The fourth-order valence-corrected chi connectivity index (χ4v) is 46.0. The molecule has 0 aliphatic carbocycles. The zero-order chi connectivity index (χ0) is 30.5. The van der Waals surface area contributed by atoms with Gasteiger partial charge in [-0.05, 0) is 0 Å². The van der Waals surface area contributed by atoms with Crippen LogP contribution in [0.15, 0.2) is 12.2 Å². The molecule has 0 radical (unpaired) electrons. The SMILES string of the molecule is C=C(CC([CH2][Sn]([CH2]CCC)([CH2]CCC)[CH2]CCC)([CH2][Sn]([CH2]CCC)([CH2]CCC)[CH2]CCC)C(=O)OC)C(=O)OC. The molecule has 0 N–H and O–H groups in total. The third kappa shape index (κ3) is 14.2. The molecule has 0 rings (SSSR count). The number of methoxy groups -OCH3 is 2. The van der Waals surface area contributed by atoms with Crippen LogP contribution in [0.5, 0.6) is 0 Å². The van der Waals surface area contributed by atoms with Crippen LogP contribution in [-0.4, -0.2) is 62.9 Å². The van der Waals surface area contributed by atoms with Crippen molar-refractivity contribution < 1.29 is 19.1 Å². The summed E-state index contributed by atoms with van der Waals surface area (Å²) < 4.78 is 21.2. The second-order valence-corrected chi connectivity index (χ2v) is 40.7. The van der Waals surface area contributed by atoms with Crippen LogP contribution in [0.25, 0.3) is 0 Å². The van der Waals surface area contributed by atoms with Crippen molar-refractivity contribution in [3.63, 3.8) is 0 Å². The number of rotatable bonds is 26. The van der Waals surface area contributed by atoms with Gasteiger partial charge in [0.2, 0.25) is 0 Å². The predicted octanol–water partition coefficient (Wildman–Crippen LogP) is 11.0. The van der Waals surface area contributed by atoms with E-state index >= 15 is 0 Å². The van der Waals surface area contributed by atoms with Crippen molar-refractivity contribution in [2.45, 2.75) is 161 Å². The number of carbonyl (C=O) groups is 2. The normalized spacial score (nSPS) is 12.4. The Morgan fingerprint density at radius 1 is 0.575 bits per heavy atom. The minimum absolute atomic E-state index is 0.0475. The molecule has 0 amide bonds. The Bertz CT molecular complexity index is 629. The maximum atomic E-state index is 14.3. The van der Waals surface area contributed by atoms with E-state index in [9.17, 15) is 9.59 Å². The molecule has 0 heterocycles. The van der Waals surface area contributed by atoms with Crippen LogP contribution >= 0.6 is 0 Å². The Kier molecular flexibility index (Phi) is 22.9. The number of hydrogen-bond acceptors (Lipinski definition) is 4. The standard InChI is InChI=1S/C10H14O4.6C4H9.2Sn/c1-7(8(11)13-4)6-10(2,3)9(12)14-5;6*1-3-4-2;;/h1-3,6H2,4-5H3;6*1,3-4H2,2H3;;. The molecular weight excluding hydrogens is 710 g/mol. The van der Waals surface area contributed by atoms with Gasteiger partial charge in [0, 0.05) is 0 Å². The van der Waals surface area contributed by atoms with Gasteiger partial charge in [-0.2, -0.15) is 0 Å². The summed E-state index contributed by atoms with van der Waals surface area (Å²) in [5.74, 6) is -0.407. The number of esters is 2. The summed E-state index contributed by atoms with van der Waals surface area (Å²) in [6, 6.07) is 0. The number of ether oxygens (including phenoxy) is 2. The summed E-state index contributed by atoms with van der Waals surface area (Å²) in [7, 11) is 3.02. The van der Waals surface area contributed by atoms with Gasteiger partial charge < -0.3 is 0 Å². The Labute approximate surface area is 258 Å². The van der Waals surface area contributed by atoms with Crippen molar-refractivity contribution in [2.75, 3.05) is 14.2 Å². The second kappa shape index (κ2) is 22.8. The van der Waals surface area contributed by atoms with Crippen LogP contribution < -0.4 is 0 Å². The molecular formula is C34H68O4Sn2. The molecule has 0 fully saturated rings. The van der Waals surface area contributed by atoms with E-state index in [1.807, 2.05) is 0 Å². The van der Waals surface area contributed by atoms with Crippen LogP contribution in [-0.2, 0) is 19.1 Å². The summed E-state index contributed by atoms with van der Waals surface area (Å²) in [5.41, 5.74) is -0.132. The first-order valence-corrected chi connectivity index (χ1v) is 33.1. The zero-order valence-corrected chi connectivity index (χ0v) is 33.9. The van der Waals surface area contributed by atoms with E-state index in [4.69, 9.17) is 9.47 Å². The zero-order valence-electron chi connectivity index (χ0n) is 28.2. The van der Waals surface area contributed by atoms with Gasteiger partial charge in [0.1, 0.15) is 0 Å². The van der Waals surface area contributed by atoms with E-state index in [0.29, 0.717) is 12.0 Å². The minimum atomic E-state index is -2.83. The Morgan fingerprint density at radius 3 is 1.10 bits per heavy atom. The summed E-state index contributed by atoms with van der Waals surface area (Å²) in [6.45, 7) is 18.1. The fourth-order valence-electron chi connectivity index (χ4n) is 7.27. The van der Waals surface area contributed by atoms with E-state index in [2.05, 4.69) is 48.1 Å². The predicted molar refractivity (Wildman–Crippen MR) is 180 cm³/mol. The van der Waals surface area contributed by atoms with Crippen molar-refractivity contribution in [1.82, 2.24) is 0 Å². The molecule has 0 atom stereocenters. The van der Waals surface area contributed by atoms with Crippen LogP contribution in [0.1, 0.15) is 125 Å². The number of unbranched alkanes of at least 4 members (excludes halogenated alkanes) is 6. The van der Waals surface area contributed by atoms with Crippen molar-refractivity contribution in [3.05, 3.63) is 12.2 Å². The van der Waals surface area contributed by atoms with Crippen LogP contribution in [0, 0.1) is 5.41 Å². The summed E-state index contributed by atoms with van der Waals surface area (Å²) in [6.07, 6.45) is 15.3. The average Bonchev–Trinajstić information content (AvgIpc) is 2.97. The third-order valence-corrected chi connectivity index (χ3v) is 41.8. The van der Waals surface area contributed by atoms with Crippen LogP contribution in [0.3, 0.4) is 0 Å². The molecule has 0 bridgehead atoms. The van der Waals surface area contributed by atoms with Gasteiger partial charge in [0.15, 0.2) is 0 Å². The number of carbonyl (C=O) groups excluding carboxylic acids is 2. The van der Waals surface area contributed by atoms with E-state index < -0.39 is 42.2 Å². The molecule has 40 heavy (non-hydrogen) atoms. The molecule has 0 aromatic heterocycles. The quantitative estimate of drug-likeness (QED) is 0.0499. The fraction of sp³-hybridized carbons (Fsp3) is 0.882. The molecule has 0 aromatic carbocycles. The average molecular weight is 778 g/mol. The monoisotopic (exact) mass is 780 g/mol. The Hall–Kier alpha value is 0.277. The molecule has 0 spiro atoms. The molecule has 0 aliphatic heterocycles. The summed E-state index contributed by atoms with van der Waals surface area (Å²) in [5, 5.41) is 0. The van der Waals surface area contributed by atoms with Crippen LogP contribution in [0.4, 0.5) is 0 Å². The Morgan fingerprint density at radius 2 is 0.875 bits per heavy atom. The Balaban J connectivity index is 7.23. The molecule has 236 valence electrons. The molecule has 4 nitrogen and oxygen atoms in total. The van der Waals surface area contributed by atoms with E-state index in [1.54, 1.807) is 7.11 Å². The first-order chi connectivity index (χ1) is 19.1. The van der Waals surface area contributed by atoms with Gasteiger partial charge in [-0.3, -0.25) is 0 Å². The van der Waals surface area contributed by atoms with Gasteiger partial charge in [0.05, 0.1) is 0 Å². The van der Waals surface area contributed by atoms with E-state index in [1.165, 1.54) is 111 Å². The number of hydrogen-bond donors (Lipinski definition) is 0. The van der Waals surface area contributed by atoms with Crippen molar-refractivity contribution in [2.24, 2.45) is 5.41 Å². The summed E-state index contributed by atoms with van der Waals surface area (Å²) >= 11 is -5.65. The maximum absolute atomic E-state index is 14.3. The summed E-state index contributed by atoms with van der Waals surface area (Å²) in [4.78, 5) is 27.2. The van der Waals surface area contributed by atoms with Gasteiger partial charge in [0.25, 0.3) is 0 Å². The molecule has 0 aromatic rings. The first kappa shape index (κ1) is 40.3. The van der Waals surface area contributed by atoms with E-state index in [0.717, 1.165) is 8.87 Å². The third-order valence-electron chi connectivity index (χ3n) is 9.43. The second-order valence-electron chi connectivity index (χ2n) is 13.0. The molecule has 0 saturated heterocycles. The molecule has 6 heteroatoms. The van der Waals surface area contributed by atoms with E-state index in [-0.39, 0.29) is 11.9 Å². The topological polar surface area (TPSA) is 52.6 Å². The van der Waals surface area contributed by atoms with Gasteiger partial charge >= 0.3 is 260 Å². The van der Waals surface area contributed by atoms with Gasteiger partial charge in [-0.15, -0.1) is 0 Å². The van der Waals surface area contributed by atoms with Crippen LogP contribution in [0.2, 0.25) is 35.5 Å². The molecule has 0 saturated carbocycles. The van der Waals surface area contributed by atoms with Crippen molar-refractivity contribution in [3.8, 4) is 0 Å².